The third-order valence-corrected chi connectivity index (χ3v) is 7.52. The number of nitrogens with zero attached hydrogens (tertiary/aromatic N) is 3. The number of rotatable bonds is 6. The Kier molecular flexibility index (Phi) is 7.21. The number of benzene rings is 1. The molecule has 1 aliphatic heterocycles. The van der Waals surface area contributed by atoms with Gasteiger partial charge in [-0.1, -0.05) is 13.8 Å². The van der Waals surface area contributed by atoms with Gasteiger partial charge in [-0.3, -0.25) is 14.2 Å². The van der Waals surface area contributed by atoms with Crippen molar-refractivity contribution in [3.8, 4) is 5.69 Å². The molecule has 204 valence electrons. The summed E-state index contributed by atoms with van der Waals surface area (Å²) in [5.74, 6) is -4.08. The molecule has 4 rings (SSSR count). The van der Waals surface area contributed by atoms with E-state index in [0.29, 0.717) is 6.07 Å². The van der Waals surface area contributed by atoms with Gasteiger partial charge in [-0.05, 0) is 36.6 Å². The summed E-state index contributed by atoms with van der Waals surface area (Å²) in [7, 11) is -3.36. The molecule has 0 bridgehead atoms. The van der Waals surface area contributed by atoms with E-state index in [4.69, 9.17) is 0 Å². The molecule has 0 spiro atoms. The summed E-state index contributed by atoms with van der Waals surface area (Å²) in [6, 6.07) is 2.81. The monoisotopic (exact) mass is 558 g/mol. The molecular formula is C24H23F5N4O4S. The van der Waals surface area contributed by atoms with Gasteiger partial charge in [0.05, 0.1) is 16.8 Å². The summed E-state index contributed by atoms with van der Waals surface area (Å²) in [4.78, 5) is 31.9. The Bertz CT molecular complexity index is 1570. The summed E-state index contributed by atoms with van der Waals surface area (Å²) in [5.41, 5.74) is -2.21. The van der Waals surface area contributed by atoms with Crippen LogP contribution in [0.1, 0.15) is 30.6 Å². The largest absolute Gasteiger partial charge is 0.408 e. The number of fused-ring (bicyclic) bond motifs is 1. The van der Waals surface area contributed by atoms with E-state index in [0.717, 1.165) is 22.9 Å². The van der Waals surface area contributed by atoms with Crippen molar-refractivity contribution in [2.45, 2.75) is 32.5 Å². The maximum Gasteiger partial charge on any atom is 0.408 e. The Morgan fingerprint density at radius 3 is 2.45 bits per heavy atom. The molecule has 14 heteroatoms. The third-order valence-electron chi connectivity index (χ3n) is 6.01. The van der Waals surface area contributed by atoms with Crippen LogP contribution < -0.4 is 15.6 Å². The molecule has 1 fully saturated rings. The molecule has 3 aromatic rings. The number of carbonyl (C=O) groups is 1. The van der Waals surface area contributed by atoms with Gasteiger partial charge in [-0.25, -0.2) is 22.2 Å². The van der Waals surface area contributed by atoms with E-state index in [1.54, 1.807) is 13.8 Å². The number of nitrogens with one attached hydrogen (secondary N) is 1. The van der Waals surface area contributed by atoms with Crippen molar-refractivity contribution in [2.75, 3.05) is 23.1 Å². The normalized spacial score (nSPS) is 16.3. The van der Waals surface area contributed by atoms with Crippen LogP contribution >= 0.6 is 0 Å². The Balaban J connectivity index is 1.89. The van der Waals surface area contributed by atoms with Crippen LogP contribution in [0.2, 0.25) is 0 Å². The minimum Gasteiger partial charge on any atom is -0.341 e. The first kappa shape index (κ1) is 27.5. The lowest BCUT2D eigenvalue weighted by molar-refractivity contribution is -0.156. The second-order valence-corrected chi connectivity index (χ2v) is 11.6. The topological polar surface area (TPSA) is 101 Å². The minimum absolute atomic E-state index is 0.116. The zero-order chi connectivity index (χ0) is 28.0. The van der Waals surface area contributed by atoms with Crippen molar-refractivity contribution in [3.63, 3.8) is 0 Å². The fourth-order valence-electron chi connectivity index (χ4n) is 4.17. The van der Waals surface area contributed by atoms with E-state index in [-0.39, 0.29) is 40.7 Å². The lowest BCUT2D eigenvalue weighted by atomic mass is 10.0. The molecule has 3 heterocycles. The van der Waals surface area contributed by atoms with Gasteiger partial charge in [0.25, 0.3) is 5.91 Å². The molecule has 0 aliphatic carbocycles. The van der Waals surface area contributed by atoms with Gasteiger partial charge in [0.2, 0.25) is 5.43 Å². The van der Waals surface area contributed by atoms with E-state index in [2.05, 4.69) is 4.98 Å². The second kappa shape index (κ2) is 9.97. The van der Waals surface area contributed by atoms with Crippen molar-refractivity contribution < 1.29 is 35.2 Å². The van der Waals surface area contributed by atoms with Gasteiger partial charge in [0, 0.05) is 18.8 Å². The number of hydrogen-bond donors (Lipinski definition) is 1. The molecule has 1 unspecified atom stereocenters. The molecule has 38 heavy (non-hydrogen) atoms. The lowest BCUT2D eigenvalue weighted by Gasteiger charge is -2.23. The predicted molar refractivity (Wildman–Crippen MR) is 130 cm³/mol. The average molecular weight is 559 g/mol. The molecule has 0 saturated carbocycles. The van der Waals surface area contributed by atoms with Crippen molar-refractivity contribution in [1.82, 2.24) is 14.9 Å². The number of sulfone groups is 1. The Labute approximate surface area is 214 Å². The van der Waals surface area contributed by atoms with Crippen LogP contribution in [0, 0.1) is 17.6 Å². The van der Waals surface area contributed by atoms with Crippen LogP contribution in [0.4, 0.5) is 27.8 Å². The highest BCUT2D eigenvalue weighted by molar-refractivity contribution is 7.91. The van der Waals surface area contributed by atoms with Gasteiger partial charge in [0.1, 0.15) is 34.9 Å². The zero-order valence-electron chi connectivity index (χ0n) is 20.2. The minimum atomic E-state index is -4.79. The zero-order valence-corrected chi connectivity index (χ0v) is 21.0. The molecule has 1 amide bonds. The summed E-state index contributed by atoms with van der Waals surface area (Å²) < 4.78 is 93.8. The maximum atomic E-state index is 14.8. The van der Waals surface area contributed by atoms with Crippen LogP contribution in [-0.4, -0.2) is 54.3 Å². The first-order chi connectivity index (χ1) is 17.7. The van der Waals surface area contributed by atoms with Gasteiger partial charge in [-0.15, -0.1) is 0 Å². The summed E-state index contributed by atoms with van der Waals surface area (Å²) in [6.07, 6.45) is -4.38. The second-order valence-electron chi connectivity index (χ2n) is 9.42. The predicted octanol–water partition coefficient (Wildman–Crippen LogP) is 3.56. The van der Waals surface area contributed by atoms with Crippen LogP contribution in [0.3, 0.4) is 0 Å². The standard InChI is InChI=1S/C24H23F5N4O4S/c1-13(2)9-19(24(27,28)29)30-23(35)16-11-33(18-5-3-14(25)10-17(18)26)22-15(21(16)34)4-6-20(31-22)32-7-8-38(36,37)12-32/h3-6,10-11,13,19H,7-9,12H2,1-2H3,(H,30,35). The molecule has 8 nitrogen and oxygen atoms in total. The van der Waals surface area contributed by atoms with Gasteiger partial charge >= 0.3 is 6.18 Å². The highest BCUT2D eigenvalue weighted by Crippen LogP contribution is 2.27. The third kappa shape index (κ3) is 5.64. The van der Waals surface area contributed by atoms with Gasteiger partial charge in [0.15, 0.2) is 15.5 Å². The van der Waals surface area contributed by atoms with Gasteiger partial charge in [-0.2, -0.15) is 13.2 Å². The van der Waals surface area contributed by atoms with E-state index in [9.17, 15) is 40.0 Å². The molecule has 0 radical (unpaired) electrons. The highest BCUT2D eigenvalue weighted by Gasteiger charge is 2.41. The molecular weight excluding hydrogens is 535 g/mol. The van der Waals surface area contributed by atoms with Crippen LogP contribution in [0.25, 0.3) is 16.7 Å². The number of hydrogen-bond acceptors (Lipinski definition) is 6. The number of carbonyl (C=O) groups excluding carboxylic acids is 1. The van der Waals surface area contributed by atoms with Crippen LogP contribution in [0.5, 0.6) is 0 Å². The first-order valence-electron chi connectivity index (χ1n) is 11.5. The Morgan fingerprint density at radius 1 is 1.16 bits per heavy atom. The number of alkyl halides is 3. The van der Waals surface area contributed by atoms with E-state index in [1.807, 2.05) is 5.32 Å². The van der Waals surface area contributed by atoms with Crippen LogP contribution in [-0.2, 0) is 9.84 Å². The number of halogens is 5. The number of aromatic nitrogens is 2. The molecule has 1 N–H and O–H groups in total. The fraction of sp³-hybridized carbons (Fsp3) is 0.375. The summed E-state index contributed by atoms with van der Waals surface area (Å²) in [5, 5.41) is 1.61. The fourth-order valence-corrected chi connectivity index (χ4v) is 5.53. The maximum absolute atomic E-state index is 14.8. The van der Waals surface area contributed by atoms with Crippen molar-refractivity contribution >= 4 is 32.6 Å². The molecule has 2 aromatic heterocycles. The number of pyridine rings is 2. The van der Waals surface area contributed by atoms with Crippen molar-refractivity contribution in [2.24, 2.45) is 5.92 Å². The molecule has 1 atom stereocenters. The molecule has 1 aromatic carbocycles. The quantitative estimate of drug-likeness (QED) is 0.465. The number of amides is 1. The smallest absolute Gasteiger partial charge is 0.341 e. The lowest BCUT2D eigenvalue weighted by Crippen LogP contribution is -2.47. The molecule has 1 aliphatic rings. The Morgan fingerprint density at radius 2 is 1.87 bits per heavy atom. The number of anilines is 1. The van der Waals surface area contributed by atoms with E-state index < -0.39 is 62.9 Å². The average Bonchev–Trinajstić information content (AvgIpc) is 3.18. The van der Waals surface area contributed by atoms with E-state index >= 15 is 0 Å². The summed E-state index contributed by atoms with van der Waals surface area (Å²) in [6.45, 7) is 3.20. The highest BCUT2D eigenvalue weighted by atomic mass is 32.2. The summed E-state index contributed by atoms with van der Waals surface area (Å²) >= 11 is 0. The van der Waals surface area contributed by atoms with Crippen molar-refractivity contribution in [3.05, 3.63) is 63.9 Å². The van der Waals surface area contributed by atoms with Crippen molar-refractivity contribution in [1.29, 1.82) is 0 Å². The SMILES string of the molecule is CC(C)CC(NC(=O)c1cn(-c2ccc(F)cc2F)c2nc(N3CCS(=O)(=O)C3)ccc2c1=O)C(F)(F)F. The molecule has 1 saturated heterocycles. The van der Waals surface area contributed by atoms with E-state index in [1.165, 1.54) is 17.0 Å². The van der Waals surface area contributed by atoms with Gasteiger partial charge < -0.3 is 10.2 Å². The first-order valence-corrected chi connectivity index (χ1v) is 13.3. The van der Waals surface area contributed by atoms with Crippen LogP contribution in [0.15, 0.2) is 41.3 Å². The Hall–Kier alpha value is -3.55.